The van der Waals surface area contributed by atoms with Crippen molar-refractivity contribution in [2.75, 3.05) is 11.5 Å². The van der Waals surface area contributed by atoms with E-state index in [0.717, 1.165) is 11.8 Å². The smallest absolute Gasteiger partial charge is 0.173 e. The number of anilines is 1. The van der Waals surface area contributed by atoms with E-state index in [1.807, 2.05) is 12.1 Å². The van der Waals surface area contributed by atoms with Gasteiger partial charge in [0.2, 0.25) is 0 Å². The molecule has 2 heterocycles. The number of thioether (sulfide) groups is 1. The fourth-order valence-electron chi connectivity index (χ4n) is 2.41. The van der Waals surface area contributed by atoms with Crippen LogP contribution in [0, 0.1) is 22.7 Å². The summed E-state index contributed by atoms with van der Waals surface area (Å²) in [5.41, 5.74) is 7.01. The van der Waals surface area contributed by atoms with Crippen LogP contribution in [0.4, 0.5) is 5.82 Å². The lowest BCUT2D eigenvalue weighted by molar-refractivity contribution is 0.102. The van der Waals surface area contributed by atoms with Gasteiger partial charge in [0.25, 0.3) is 0 Å². The summed E-state index contributed by atoms with van der Waals surface area (Å²) in [6, 6.07) is 16.2. The van der Waals surface area contributed by atoms with Gasteiger partial charge in [0, 0.05) is 5.56 Å². The fraction of sp³-hybridized carbons (Fsp3) is 0.0526. The van der Waals surface area contributed by atoms with Gasteiger partial charge in [-0.3, -0.25) is 4.79 Å². The van der Waals surface area contributed by atoms with Crippen molar-refractivity contribution in [2.24, 2.45) is 0 Å². The van der Waals surface area contributed by atoms with Crippen LogP contribution in [0.5, 0.6) is 0 Å². The number of nitrogens with zero attached hydrogens (tertiary/aromatic N) is 3. The first-order valence-corrected chi connectivity index (χ1v) is 8.53. The predicted molar refractivity (Wildman–Crippen MR) is 97.3 cm³/mol. The van der Waals surface area contributed by atoms with Gasteiger partial charge < -0.3 is 10.2 Å². The van der Waals surface area contributed by atoms with Crippen molar-refractivity contribution >= 4 is 23.4 Å². The van der Waals surface area contributed by atoms with Crippen LogP contribution in [0.25, 0.3) is 11.3 Å². The minimum absolute atomic E-state index is 0.00689. The van der Waals surface area contributed by atoms with E-state index in [0.29, 0.717) is 21.9 Å². The molecule has 2 aromatic heterocycles. The van der Waals surface area contributed by atoms with E-state index in [2.05, 4.69) is 11.1 Å². The molecule has 3 aromatic rings. The maximum atomic E-state index is 12.3. The summed E-state index contributed by atoms with van der Waals surface area (Å²) in [7, 11) is 0. The molecule has 26 heavy (non-hydrogen) atoms. The van der Waals surface area contributed by atoms with E-state index in [1.165, 1.54) is 6.26 Å². The number of nitrogens with two attached hydrogens (primary N) is 1. The van der Waals surface area contributed by atoms with Gasteiger partial charge >= 0.3 is 0 Å². The molecule has 0 fully saturated rings. The van der Waals surface area contributed by atoms with Crippen molar-refractivity contribution in [1.29, 1.82) is 10.5 Å². The van der Waals surface area contributed by atoms with Gasteiger partial charge in [-0.05, 0) is 12.1 Å². The monoisotopic (exact) mass is 360 g/mol. The molecule has 0 amide bonds. The summed E-state index contributed by atoms with van der Waals surface area (Å²) in [6.45, 7) is 0. The zero-order chi connectivity index (χ0) is 18.5. The Kier molecular flexibility index (Phi) is 5.02. The highest BCUT2D eigenvalue weighted by Gasteiger charge is 2.22. The normalized spacial score (nSPS) is 10.1. The van der Waals surface area contributed by atoms with Crippen LogP contribution >= 0.6 is 11.8 Å². The molecule has 3 rings (SSSR count). The highest BCUT2D eigenvalue weighted by Crippen LogP contribution is 2.35. The molecule has 0 radical (unpaired) electrons. The van der Waals surface area contributed by atoms with Crippen molar-refractivity contribution in [3.63, 3.8) is 0 Å². The minimum atomic E-state index is -0.0937. The molecule has 0 saturated carbocycles. The number of carbonyl (C=O) groups excluding carboxylic acids is 1. The van der Waals surface area contributed by atoms with Crippen molar-refractivity contribution in [1.82, 2.24) is 4.98 Å². The van der Waals surface area contributed by atoms with Crippen molar-refractivity contribution in [3.8, 4) is 23.5 Å². The zero-order valence-corrected chi connectivity index (χ0v) is 14.3. The molecular weight excluding hydrogens is 348 g/mol. The third-order valence-electron chi connectivity index (χ3n) is 3.62. The Bertz CT molecular complexity index is 1030. The Hall–Kier alpha value is -3.55. The summed E-state index contributed by atoms with van der Waals surface area (Å²) in [5, 5.41) is 19.3. The van der Waals surface area contributed by atoms with Crippen LogP contribution in [-0.4, -0.2) is 16.5 Å². The lowest BCUT2D eigenvalue weighted by atomic mass is 10.0. The summed E-state index contributed by atoms with van der Waals surface area (Å²) >= 11 is 1.11. The minimum Gasteiger partial charge on any atom is -0.464 e. The third-order valence-corrected chi connectivity index (χ3v) is 4.59. The van der Waals surface area contributed by atoms with Crippen molar-refractivity contribution in [3.05, 3.63) is 65.4 Å². The van der Waals surface area contributed by atoms with Crippen molar-refractivity contribution in [2.45, 2.75) is 5.03 Å². The Balaban J connectivity index is 1.99. The average Bonchev–Trinajstić information content (AvgIpc) is 3.20. The van der Waals surface area contributed by atoms with Gasteiger partial charge in [0.15, 0.2) is 5.78 Å². The number of hydrogen-bond donors (Lipinski definition) is 1. The molecule has 0 spiro atoms. The number of benzene rings is 1. The summed E-state index contributed by atoms with van der Waals surface area (Å²) < 4.78 is 5.35. The summed E-state index contributed by atoms with van der Waals surface area (Å²) in [5.74, 6) is 0.342. The molecule has 0 unspecified atom stereocenters. The van der Waals surface area contributed by atoms with Gasteiger partial charge in [0.1, 0.15) is 34.3 Å². The number of rotatable bonds is 5. The SMILES string of the molecule is N#Cc1c(N)nc(SCC(=O)c2ccccc2)c(C#N)c1-c1ccco1. The summed E-state index contributed by atoms with van der Waals surface area (Å²) in [6.07, 6.45) is 1.44. The van der Waals surface area contributed by atoms with Crippen LogP contribution in [0.3, 0.4) is 0 Å². The highest BCUT2D eigenvalue weighted by molar-refractivity contribution is 8.00. The molecule has 1 aromatic carbocycles. The van der Waals surface area contributed by atoms with Crippen molar-refractivity contribution < 1.29 is 9.21 Å². The second kappa shape index (κ2) is 7.56. The first-order chi connectivity index (χ1) is 12.7. The quantitative estimate of drug-likeness (QED) is 0.545. The zero-order valence-electron chi connectivity index (χ0n) is 13.5. The Morgan fingerprint density at radius 3 is 2.46 bits per heavy atom. The van der Waals surface area contributed by atoms with Crippen LogP contribution < -0.4 is 5.73 Å². The molecular formula is C19H12N4O2S. The maximum Gasteiger partial charge on any atom is 0.173 e. The van der Waals surface area contributed by atoms with Gasteiger partial charge in [-0.2, -0.15) is 10.5 Å². The largest absolute Gasteiger partial charge is 0.464 e. The van der Waals surface area contributed by atoms with Crippen LogP contribution in [0.2, 0.25) is 0 Å². The van der Waals surface area contributed by atoms with E-state index >= 15 is 0 Å². The lowest BCUT2D eigenvalue weighted by Crippen LogP contribution is -2.06. The third kappa shape index (κ3) is 3.30. The van der Waals surface area contributed by atoms with Gasteiger partial charge in [-0.15, -0.1) is 0 Å². The van der Waals surface area contributed by atoms with E-state index in [-0.39, 0.29) is 28.5 Å². The van der Waals surface area contributed by atoms with Crippen LogP contribution in [-0.2, 0) is 0 Å². The topological polar surface area (TPSA) is 117 Å². The number of nitrogen functional groups attached to an aromatic ring is 1. The van der Waals surface area contributed by atoms with E-state index in [9.17, 15) is 15.3 Å². The first-order valence-electron chi connectivity index (χ1n) is 7.54. The van der Waals surface area contributed by atoms with Crippen LogP contribution in [0.1, 0.15) is 21.5 Å². The Morgan fingerprint density at radius 2 is 1.85 bits per heavy atom. The number of nitriles is 2. The maximum absolute atomic E-state index is 12.3. The van der Waals surface area contributed by atoms with E-state index in [1.54, 1.807) is 36.4 Å². The average molecular weight is 360 g/mol. The van der Waals surface area contributed by atoms with Gasteiger partial charge in [0.05, 0.1) is 23.1 Å². The Morgan fingerprint density at radius 1 is 1.12 bits per heavy atom. The molecule has 0 aliphatic carbocycles. The second-order valence-corrected chi connectivity index (χ2v) is 6.17. The van der Waals surface area contributed by atoms with Crippen LogP contribution in [0.15, 0.2) is 58.2 Å². The lowest BCUT2D eigenvalue weighted by Gasteiger charge is -2.10. The molecule has 2 N–H and O–H groups in total. The number of Topliss-reactive ketones (excluding diaryl/α,β-unsaturated/α-hetero) is 1. The second-order valence-electron chi connectivity index (χ2n) is 5.21. The number of aromatic nitrogens is 1. The van der Waals surface area contributed by atoms with Gasteiger partial charge in [-0.25, -0.2) is 4.98 Å². The molecule has 7 heteroatoms. The molecule has 0 aliphatic heterocycles. The number of carbonyl (C=O) groups is 1. The molecule has 0 saturated heterocycles. The number of ketones is 1. The Labute approximate surface area is 153 Å². The molecule has 0 bridgehead atoms. The van der Waals surface area contributed by atoms with E-state index in [4.69, 9.17) is 10.2 Å². The van der Waals surface area contributed by atoms with E-state index < -0.39 is 0 Å². The number of pyridine rings is 1. The highest BCUT2D eigenvalue weighted by atomic mass is 32.2. The molecule has 0 aliphatic rings. The number of hydrogen-bond acceptors (Lipinski definition) is 7. The van der Waals surface area contributed by atoms with Gasteiger partial charge in [-0.1, -0.05) is 42.1 Å². The summed E-state index contributed by atoms with van der Waals surface area (Å²) in [4.78, 5) is 16.5. The fourth-order valence-corrected chi connectivity index (χ4v) is 3.30. The first kappa shape index (κ1) is 17.3. The number of furan rings is 1. The standard InChI is InChI=1S/C19H12N4O2S/c20-9-13-17(16-7-4-8-25-16)14(10-21)19(23-18(13)22)26-11-15(24)12-5-2-1-3-6-12/h1-8H,11H2,(H2,22,23). The molecule has 126 valence electrons. The predicted octanol–water partition coefficient (Wildman–Crippen LogP) is 3.64. The molecule has 0 atom stereocenters. The molecule has 6 nitrogen and oxygen atoms in total.